The molecule has 1 heterocycles. The van der Waals surface area contributed by atoms with Crippen molar-refractivity contribution in [3.63, 3.8) is 0 Å². The summed E-state index contributed by atoms with van der Waals surface area (Å²) in [5, 5.41) is 2.50. The maximum Gasteiger partial charge on any atom is 0.418 e. The number of nitrogens with one attached hydrogen (secondary N) is 2. The summed E-state index contributed by atoms with van der Waals surface area (Å²) in [6.45, 7) is 0.160. The number of carbonyl (C=O) groups is 1. The summed E-state index contributed by atoms with van der Waals surface area (Å²) < 4.78 is 43.4. The third-order valence-corrected chi connectivity index (χ3v) is 2.78. The van der Waals surface area contributed by atoms with E-state index in [1.54, 1.807) is 6.07 Å². The van der Waals surface area contributed by atoms with Gasteiger partial charge in [0.1, 0.15) is 0 Å². The van der Waals surface area contributed by atoms with E-state index in [0.29, 0.717) is 5.56 Å². The van der Waals surface area contributed by atoms with Crippen LogP contribution >= 0.6 is 0 Å². The van der Waals surface area contributed by atoms with Crippen LogP contribution in [0.1, 0.15) is 21.5 Å². The number of rotatable bonds is 4. The van der Waals surface area contributed by atoms with Crippen LogP contribution in [0.5, 0.6) is 0 Å². The van der Waals surface area contributed by atoms with Gasteiger partial charge in [-0.3, -0.25) is 10.6 Å². The second kappa shape index (κ2) is 5.88. The Hall–Kier alpha value is -2.48. The van der Waals surface area contributed by atoms with Crippen LogP contribution in [0.2, 0.25) is 0 Å². The molecule has 1 aromatic heterocycles. The zero-order valence-corrected chi connectivity index (χ0v) is 10.7. The zero-order chi connectivity index (χ0) is 15.5. The average molecular weight is 299 g/mol. The molecule has 8 heteroatoms. The molecule has 2 rings (SSSR count). The van der Waals surface area contributed by atoms with Gasteiger partial charge < -0.3 is 15.2 Å². The van der Waals surface area contributed by atoms with E-state index in [2.05, 4.69) is 5.32 Å². The summed E-state index contributed by atoms with van der Waals surface area (Å²) >= 11 is 0. The highest BCUT2D eigenvalue weighted by Gasteiger charge is 2.34. The van der Waals surface area contributed by atoms with Gasteiger partial charge in [-0.25, -0.2) is 0 Å². The number of alkyl halides is 3. The lowest BCUT2D eigenvalue weighted by Gasteiger charge is -2.13. The molecule has 1 aromatic carbocycles. The van der Waals surface area contributed by atoms with Crippen molar-refractivity contribution in [3.05, 3.63) is 53.5 Å². The summed E-state index contributed by atoms with van der Waals surface area (Å²) in [7, 11) is 0. The summed E-state index contributed by atoms with van der Waals surface area (Å²) in [5.41, 5.74) is 1.26. The number of hydrogen-bond donors (Lipinski definition) is 3. The molecule has 0 radical (unpaired) electrons. The van der Waals surface area contributed by atoms with Gasteiger partial charge in [0.05, 0.1) is 23.8 Å². The number of benzene rings is 1. The lowest BCUT2D eigenvalue weighted by atomic mass is 10.1. The predicted molar refractivity (Wildman–Crippen MR) is 69.1 cm³/mol. The van der Waals surface area contributed by atoms with Gasteiger partial charge in [-0.1, -0.05) is 0 Å². The maximum atomic E-state index is 12.8. The molecule has 0 unspecified atom stereocenters. The van der Waals surface area contributed by atoms with Crippen LogP contribution in [-0.4, -0.2) is 5.91 Å². The number of furan rings is 1. The normalized spacial score (nSPS) is 11.2. The molecule has 21 heavy (non-hydrogen) atoms. The van der Waals surface area contributed by atoms with Gasteiger partial charge >= 0.3 is 6.18 Å². The predicted octanol–water partition coefficient (Wildman–Crippen LogP) is 2.51. The fourth-order valence-corrected chi connectivity index (χ4v) is 1.72. The summed E-state index contributed by atoms with van der Waals surface area (Å²) in [6.07, 6.45) is -1.74. The van der Waals surface area contributed by atoms with E-state index >= 15 is 0 Å². The zero-order valence-electron chi connectivity index (χ0n) is 10.7. The van der Waals surface area contributed by atoms with Crippen molar-refractivity contribution >= 4 is 11.6 Å². The number of amides is 1. The monoisotopic (exact) mass is 299 g/mol. The minimum Gasteiger partial charge on any atom is -0.472 e. The molecule has 2 aromatic rings. The highest BCUT2D eigenvalue weighted by Crippen LogP contribution is 2.35. The molecule has 112 valence electrons. The molecule has 0 spiro atoms. The third kappa shape index (κ3) is 3.54. The Morgan fingerprint density at radius 3 is 2.62 bits per heavy atom. The second-order valence-electron chi connectivity index (χ2n) is 4.22. The molecular formula is C13H12F3N3O2. The standard InChI is InChI=1S/C13H12F3N3O2/c14-13(15,16)10-5-9(1-2-11(10)19-17)12(20)18-6-8-3-4-21-7-8/h1-5,7,19H,6,17H2,(H,18,20). The SMILES string of the molecule is NNc1ccc(C(=O)NCc2ccoc2)cc1C(F)(F)F. The van der Waals surface area contributed by atoms with E-state index in [0.717, 1.165) is 12.1 Å². The first-order valence-corrected chi connectivity index (χ1v) is 5.89. The number of nitrogens with two attached hydrogens (primary N) is 1. The first kappa shape index (κ1) is 14.9. The molecule has 0 aliphatic rings. The fourth-order valence-electron chi connectivity index (χ4n) is 1.72. The van der Waals surface area contributed by atoms with Crippen LogP contribution < -0.4 is 16.6 Å². The van der Waals surface area contributed by atoms with Crippen LogP contribution in [0.15, 0.2) is 41.2 Å². The van der Waals surface area contributed by atoms with E-state index in [4.69, 9.17) is 10.3 Å². The lowest BCUT2D eigenvalue weighted by Crippen LogP contribution is -2.23. The van der Waals surface area contributed by atoms with E-state index in [-0.39, 0.29) is 17.8 Å². The Morgan fingerprint density at radius 2 is 2.05 bits per heavy atom. The van der Waals surface area contributed by atoms with Crippen molar-refractivity contribution in [1.29, 1.82) is 0 Å². The molecule has 5 nitrogen and oxygen atoms in total. The van der Waals surface area contributed by atoms with Gasteiger partial charge in [-0.2, -0.15) is 13.2 Å². The molecular weight excluding hydrogens is 287 g/mol. The number of hydrogen-bond acceptors (Lipinski definition) is 4. The smallest absolute Gasteiger partial charge is 0.418 e. The maximum absolute atomic E-state index is 12.8. The average Bonchev–Trinajstić information content (AvgIpc) is 2.96. The van der Waals surface area contributed by atoms with Crippen LogP contribution in [0.3, 0.4) is 0 Å². The Bertz CT molecular complexity index is 624. The van der Waals surface area contributed by atoms with Gasteiger partial charge in [0.25, 0.3) is 5.91 Å². The number of anilines is 1. The van der Waals surface area contributed by atoms with E-state index in [1.807, 2.05) is 5.43 Å². The molecule has 0 atom stereocenters. The summed E-state index contributed by atoms with van der Waals surface area (Å²) in [4.78, 5) is 11.9. The van der Waals surface area contributed by atoms with Gasteiger partial charge in [0, 0.05) is 17.7 Å². The van der Waals surface area contributed by atoms with Crippen LogP contribution in [0, 0.1) is 0 Å². The van der Waals surface area contributed by atoms with Crippen LogP contribution in [0.25, 0.3) is 0 Å². The first-order chi connectivity index (χ1) is 9.91. The first-order valence-electron chi connectivity index (χ1n) is 5.89. The number of halogens is 3. The Kier molecular flexibility index (Phi) is 4.18. The topological polar surface area (TPSA) is 80.3 Å². The van der Waals surface area contributed by atoms with Crippen molar-refractivity contribution in [1.82, 2.24) is 5.32 Å². The van der Waals surface area contributed by atoms with Gasteiger partial charge in [-0.15, -0.1) is 0 Å². The Balaban J connectivity index is 2.17. The molecule has 0 saturated carbocycles. The van der Waals surface area contributed by atoms with Gasteiger partial charge in [0.15, 0.2) is 0 Å². The summed E-state index contributed by atoms with van der Waals surface area (Å²) in [6, 6.07) is 4.76. The van der Waals surface area contributed by atoms with Crippen molar-refractivity contribution in [2.75, 3.05) is 5.43 Å². The highest BCUT2D eigenvalue weighted by atomic mass is 19.4. The molecule has 0 saturated heterocycles. The Labute approximate surface area is 117 Å². The highest BCUT2D eigenvalue weighted by molar-refractivity contribution is 5.94. The van der Waals surface area contributed by atoms with E-state index < -0.39 is 17.6 Å². The van der Waals surface area contributed by atoms with Gasteiger partial charge in [-0.05, 0) is 24.3 Å². The second-order valence-corrected chi connectivity index (χ2v) is 4.22. The van der Waals surface area contributed by atoms with Crippen LogP contribution in [0.4, 0.5) is 18.9 Å². The third-order valence-electron chi connectivity index (χ3n) is 2.78. The fraction of sp³-hybridized carbons (Fsp3) is 0.154. The molecule has 1 amide bonds. The molecule has 4 N–H and O–H groups in total. The number of nitrogen functional groups attached to an aromatic ring is 1. The van der Waals surface area contributed by atoms with E-state index in [1.165, 1.54) is 18.6 Å². The number of hydrazine groups is 1. The van der Waals surface area contributed by atoms with Crippen molar-refractivity contribution in [2.45, 2.75) is 12.7 Å². The number of carbonyl (C=O) groups excluding carboxylic acids is 1. The van der Waals surface area contributed by atoms with Crippen LogP contribution in [-0.2, 0) is 12.7 Å². The largest absolute Gasteiger partial charge is 0.472 e. The quantitative estimate of drug-likeness (QED) is 0.598. The van der Waals surface area contributed by atoms with Crippen molar-refractivity contribution < 1.29 is 22.4 Å². The summed E-state index contributed by atoms with van der Waals surface area (Å²) in [5.74, 6) is 4.42. The molecule has 0 bridgehead atoms. The minimum absolute atomic E-state index is 0.107. The molecule has 0 aliphatic heterocycles. The van der Waals surface area contributed by atoms with E-state index in [9.17, 15) is 18.0 Å². The minimum atomic E-state index is -4.61. The van der Waals surface area contributed by atoms with Crippen molar-refractivity contribution in [3.8, 4) is 0 Å². The molecule has 0 fully saturated rings. The Morgan fingerprint density at radius 1 is 1.29 bits per heavy atom. The lowest BCUT2D eigenvalue weighted by molar-refractivity contribution is -0.137. The van der Waals surface area contributed by atoms with Crippen molar-refractivity contribution in [2.24, 2.45) is 5.84 Å². The van der Waals surface area contributed by atoms with Gasteiger partial charge in [0.2, 0.25) is 0 Å². The molecule has 0 aliphatic carbocycles.